The maximum atomic E-state index is 13.5. The molecule has 1 N–H and O–H groups in total. The molecule has 31 heavy (non-hydrogen) atoms. The number of methoxy groups -OCH3 is 1. The van der Waals surface area contributed by atoms with Gasteiger partial charge in [-0.25, -0.2) is 4.39 Å². The van der Waals surface area contributed by atoms with Crippen molar-refractivity contribution >= 4 is 18.9 Å². The van der Waals surface area contributed by atoms with Crippen LogP contribution in [0.25, 0.3) is 5.57 Å². The number of esters is 1. The summed E-state index contributed by atoms with van der Waals surface area (Å²) in [6.07, 6.45) is 1.98. The average Bonchev–Trinajstić information content (AvgIpc) is 2.65. The minimum atomic E-state index is -3.34. The molecule has 1 unspecified atom stereocenters. The van der Waals surface area contributed by atoms with E-state index in [-0.39, 0.29) is 29.2 Å². The largest absolute Gasteiger partial charge is 0.469 e. The lowest BCUT2D eigenvalue weighted by atomic mass is 9.61. The van der Waals surface area contributed by atoms with Crippen LogP contribution in [0.15, 0.2) is 41.7 Å². The van der Waals surface area contributed by atoms with E-state index in [1.54, 1.807) is 12.1 Å². The van der Waals surface area contributed by atoms with Crippen LogP contribution in [0, 0.1) is 16.6 Å². The van der Waals surface area contributed by atoms with Crippen LogP contribution in [-0.4, -0.2) is 37.6 Å². The van der Waals surface area contributed by atoms with Gasteiger partial charge < -0.3 is 14.4 Å². The molecule has 1 aliphatic rings. The van der Waals surface area contributed by atoms with Crippen LogP contribution in [0.1, 0.15) is 52.5 Å². The molecular weight excluding hydrogens is 418 g/mol. The number of carbonyl (C=O) groups excluding carboxylic acids is 1. The Morgan fingerprint density at radius 2 is 1.84 bits per heavy atom. The standard InChI is InChI=1S/C24H34FO5P/c1-23(2)14-20(17-7-9-18(25)10-8-17)21(24(3,4)16-23)11-12-31(28,30-6)15-19(26)13-22(27)29-5/h7-12,19,26H,13-16H2,1-6H3/t19-,31?/m0/s1. The van der Waals surface area contributed by atoms with Gasteiger partial charge in [0.05, 0.1) is 25.8 Å². The van der Waals surface area contributed by atoms with E-state index in [9.17, 15) is 18.9 Å². The summed E-state index contributed by atoms with van der Waals surface area (Å²) in [5.74, 6) is 0.655. The smallest absolute Gasteiger partial charge is 0.308 e. The number of benzene rings is 1. The number of allylic oxidation sites excluding steroid dienone is 3. The van der Waals surface area contributed by atoms with E-state index in [4.69, 9.17) is 4.52 Å². The molecule has 0 radical (unpaired) electrons. The van der Waals surface area contributed by atoms with Gasteiger partial charge in [0, 0.05) is 12.9 Å². The van der Waals surface area contributed by atoms with Crippen molar-refractivity contribution in [1.82, 2.24) is 0 Å². The summed E-state index contributed by atoms with van der Waals surface area (Å²) >= 11 is 0. The van der Waals surface area contributed by atoms with Crippen molar-refractivity contribution in [3.05, 3.63) is 53.1 Å². The normalized spacial score (nSPS) is 21.0. The van der Waals surface area contributed by atoms with Crippen molar-refractivity contribution < 1.29 is 28.1 Å². The second kappa shape index (κ2) is 9.81. The van der Waals surface area contributed by atoms with Crippen molar-refractivity contribution in [2.75, 3.05) is 20.4 Å². The monoisotopic (exact) mass is 452 g/mol. The lowest BCUT2D eigenvalue weighted by Gasteiger charge is -2.43. The van der Waals surface area contributed by atoms with E-state index < -0.39 is 19.4 Å². The molecule has 2 atom stereocenters. The van der Waals surface area contributed by atoms with E-state index in [0.29, 0.717) is 0 Å². The summed E-state index contributed by atoms with van der Waals surface area (Å²) in [7, 11) is -0.766. The average molecular weight is 453 g/mol. The van der Waals surface area contributed by atoms with Gasteiger partial charge in [0.2, 0.25) is 7.37 Å². The second-order valence-electron chi connectivity index (χ2n) is 9.64. The van der Waals surface area contributed by atoms with E-state index in [1.165, 1.54) is 32.2 Å². The fraction of sp³-hybridized carbons (Fsp3) is 0.542. The third-order valence-corrected chi connectivity index (χ3v) is 7.85. The van der Waals surface area contributed by atoms with Crippen molar-refractivity contribution in [1.29, 1.82) is 0 Å². The highest BCUT2D eigenvalue weighted by molar-refractivity contribution is 7.62. The molecular formula is C24H34FO5P. The molecule has 172 valence electrons. The van der Waals surface area contributed by atoms with Gasteiger partial charge in [-0.15, -0.1) is 0 Å². The van der Waals surface area contributed by atoms with Crippen LogP contribution in [0.5, 0.6) is 0 Å². The van der Waals surface area contributed by atoms with Gasteiger partial charge in [0.25, 0.3) is 0 Å². The van der Waals surface area contributed by atoms with Gasteiger partial charge in [-0.05, 0) is 52.5 Å². The van der Waals surface area contributed by atoms with Crippen molar-refractivity contribution in [2.24, 2.45) is 10.8 Å². The fourth-order valence-corrected chi connectivity index (χ4v) is 6.07. The van der Waals surface area contributed by atoms with E-state index in [0.717, 1.165) is 29.6 Å². The number of aliphatic hydroxyl groups excluding tert-OH is 1. The molecule has 0 saturated carbocycles. The molecule has 0 saturated heterocycles. The molecule has 1 aliphatic carbocycles. The Bertz CT molecular complexity index is 899. The SMILES string of the molecule is COC(=O)C[C@H](O)CP(=O)(C=CC1=C(c2ccc(F)cc2)CC(C)(C)CC1(C)C)OC. The van der Waals surface area contributed by atoms with Crippen molar-refractivity contribution in [3.63, 3.8) is 0 Å². The topological polar surface area (TPSA) is 72.8 Å². The number of carbonyl (C=O) groups is 1. The first-order valence-electron chi connectivity index (χ1n) is 10.4. The van der Waals surface area contributed by atoms with Crippen molar-refractivity contribution in [3.8, 4) is 0 Å². The minimum absolute atomic E-state index is 0.0478. The summed E-state index contributed by atoms with van der Waals surface area (Å²) in [4.78, 5) is 11.4. The Hall–Kier alpha value is -1.75. The minimum Gasteiger partial charge on any atom is -0.469 e. The predicted octanol–water partition coefficient (Wildman–Crippen LogP) is 5.79. The Morgan fingerprint density at radius 3 is 2.39 bits per heavy atom. The second-order valence-corrected chi connectivity index (χ2v) is 12.1. The molecule has 0 amide bonds. The number of hydrogen-bond donors (Lipinski definition) is 1. The summed E-state index contributed by atoms with van der Waals surface area (Å²) < 4.78 is 36.6. The molecule has 0 aromatic heterocycles. The van der Waals surface area contributed by atoms with Gasteiger partial charge >= 0.3 is 5.97 Å². The van der Waals surface area contributed by atoms with Crippen LogP contribution in [-0.2, 0) is 18.6 Å². The summed E-state index contributed by atoms with van der Waals surface area (Å²) in [5.41, 5.74) is 2.85. The summed E-state index contributed by atoms with van der Waals surface area (Å²) in [5, 5.41) is 10.1. The molecule has 0 fully saturated rings. The van der Waals surface area contributed by atoms with Gasteiger partial charge in [0.15, 0.2) is 0 Å². The molecule has 0 heterocycles. The highest BCUT2D eigenvalue weighted by Crippen LogP contribution is 2.54. The molecule has 7 heteroatoms. The van der Waals surface area contributed by atoms with Gasteiger partial charge in [-0.1, -0.05) is 45.9 Å². The summed E-state index contributed by atoms with van der Waals surface area (Å²) in [6.45, 7) is 8.70. The lowest BCUT2D eigenvalue weighted by molar-refractivity contribution is -0.142. The number of hydrogen-bond acceptors (Lipinski definition) is 5. The van der Waals surface area contributed by atoms with Crippen LogP contribution >= 0.6 is 7.37 Å². The van der Waals surface area contributed by atoms with E-state index >= 15 is 0 Å². The summed E-state index contributed by atoms with van der Waals surface area (Å²) in [6, 6.07) is 6.43. The van der Waals surface area contributed by atoms with Crippen LogP contribution in [0.4, 0.5) is 4.39 Å². The van der Waals surface area contributed by atoms with E-state index in [1.807, 2.05) is 6.08 Å². The molecule has 5 nitrogen and oxygen atoms in total. The molecule has 0 aliphatic heterocycles. The molecule has 1 aromatic carbocycles. The van der Waals surface area contributed by atoms with E-state index in [2.05, 4.69) is 32.4 Å². The predicted molar refractivity (Wildman–Crippen MR) is 121 cm³/mol. The van der Waals surface area contributed by atoms with Crippen LogP contribution < -0.4 is 0 Å². The number of ether oxygens (including phenoxy) is 1. The van der Waals surface area contributed by atoms with Gasteiger partial charge in [-0.3, -0.25) is 9.36 Å². The third kappa shape index (κ3) is 6.86. The first-order valence-corrected chi connectivity index (χ1v) is 12.3. The highest BCUT2D eigenvalue weighted by Gasteiger charge is 2.39. The molecule has 0 bridgehead atoms. The Kier molecular flexibility index (Phi) is 8.07. The fourth-order valence-electron chi connectivity index (χ4n) is 4.59. The van der Waals surface area contributed by atoms with Gasteiger partial charge in [0.1, 0.15) is 5.82 Å². The Morgan fingerprint density at radius 1 is 1.23 bits per heavy atom. The Labute approximate surface area is 184 Å². The first-order chi connectivity index (χ1) is 14.3. The quantitative estimate of drug-likeness (QED) is 0.399. The zero-order valence-corrected chi connectivity index (χ0v) is 20.2. The lowest BCUT2D eigenvalue weighted by Crippen LogP contribution is -2.30. The zero-order valence-electron chi connectivity index (χ0n) is 19.3. The Balaban J connectivity index is 2.46. The van der Waals surface area contributed by atoms with Crippen LogP contribution in [0.2, 0.25) is 0 Å². The van der Waals surface area contributed by atoms with Crippen LogP contribution in [0.3, 0.4) is 0 Å². The number of rotatable bonds is 8. The van der Waals surface area contributed by atoms with Crippen molar-refractivity contribution in [2.45, 2.75) is 53.1 Å². The number of aliphatic hydroxyl groups is 1. The molecule has 1 aromatic rings. The maximum Gasteiger partial charge on any atom is 0.308 e. The third-order valence-electron chi connectivity index (χ3n) is 5.70. The number of halogens is 1. The maximum absolute atomic E-state index is 13.5. The zero-order chi connectivity index (χ0) is 23.4. The molecule has 0 spiro atoms. The first kappa shape index (κ1) is 25.5. The molecule has 2 rings (SSSR count). The highest BCUT2D eigenvalue weighted by atomic mass is 31.2. The van der Waals surface area contributed by atoms with Gasteiger partial charge in [-0.2, -0.15) is 0 Å².